The minimum Gasteiger partial charge on any atom is -0.464 e. The highest BCUT2D eigenvalue weighted by atomic mass is 16.5. The Morgan fingerprint density at radius 1 is 1.29 bits per heavy atom. The van der Waals surface area contributed by atoms with Crippen LogP contribution in [0.1, 0.15) is 26.4 Å². The van der Waals surface area contributed by atoms with Crippen molar-refractivity contribution in [2.24, 2.45) is 0 Å². The summed E-state index contributed by atoms with van der Waals surface area (Å²) < 4.78 is 4.65. The third-order valence-electron chi connectivity index (χ3n) is 3.39. The summed E-state index contributed by atoms with van der Waals surface area (Å²) >= 11 is 0. The van der Waals surface area contributed by atoms with Crippen LogP contribution in [0.25, 0.3) is 11.0 Å². The zero-order chi connectivity index (χ0) is 17.1. The fourth-order valence-electron chi connectivity index (χ4n) is 2.24. The average molecular weight is 320 g/mol. The first-order valence-electron chi connectivity index (χ1n) is 6.99. The number of fused-ring (bicyclic) bond motifs is 1. The number of rotatable bonds is 3. The molecule has 0 saturated heterocycles. The van der Waals surface area contributed by atoms with Crippen molar-refractivity contribution in [3.8, 4) is 6.07 Å². The summed E-state index contributed by atoms with van der Waals surface area (Å²) in [5.41, 5.74) is 2.05. The van der Waals surface area contributed by atoms with Crippen LogP contribution >= 0.6 is 0 Å². The minimum absolute atomic E-state index is 0.283. The van der Waals surface area contributed by atoms with Gasteiger partial charge in [-0.2, -0.15) is 5.26 Å². The van der Waals surface area contributed by atoms with Crippen molar-refractivity contribution in [1.82, 2.24) is 9.97 Å². The molecule has 24 heavy (non-hydrogen) atoms. The molecule has 0 bridgehead atoms. The van der Waals surface area contributed by atoms with Crippen molar-refractivity contribution < 1.29 is 14.3 Å². The smallest absolute Gasteiger partial charge is 0.354 e. The number of anilines is 1. The van der Waals surface area contributed by atoms with Gasteiger partial charge in [-0.05, 0) is 30.3 Å². The lowest BCUT2D eigenvalue weighted by Crippen LogP contribution is -2.12. The van der Waals surface area contributed by atoms with Gasteiger partial charge in [-0.15, -0.1) is 0 Å². The minimum atomic E-state index is -0.494. The molecule has 2 N–H and O–H groups in total. The zero-order valence-corrected chi connectivity index (χ0v) is 12.7. The Labute approximate surface area is 136 Å². The second-order valence-corrected chi connectivity index (χ2v) is 4.98. The number of carbonyl (C=O) groups excluding carboxylic acids is 2. The van der Waals surface area contributed by atoms with Crippen molar-refractivity contribution >= 4 is 28.6 Å². The van der Waals surface area contributed by atoms with Crippen molar-refractivity contribution in [2.45, 2.75) is 0 Å². The van der Waals surface area contributed by atoms with E-state index in [0.29, 0.717) is 27.8 Å². The first-order valence-corrected chi connectivity index (χ1v) is 6.99. The van der Waals surface area contributed by atoms with Crippen LogP contribution in [-0.4, -0.2) is 29.0 Å². The number of hydrogen-bond acceptors (Lipinski definition) is 5. The lowest BCUT2D eigenvalue weighted by Gasteiger charge is -2.05. The summed E-state index contributed by atoms with van der Waals surface area (Å²) in [6.45, 7) is 0. The molecule has 0 aliphatic carbocycles. The maximum Gasteiger partial charge on any atom is 0.354 e. The molecule has 0 aliphatic heterocycles. The van der Waals surface area contributed by atoms with Crippen LogP contribution in [0.5, 0.6) is 0 Å². The van der Waals surface area contributed by atoms with Crippen LogP contribution in [-0.2, 0) is 4.74 Å². The van der Waals surface area contributed by atoms with E-state index in [9.17, 15) is 9.59 Å². The molecule has 118 valence electrons. The number of methoxy groups -OCH3 is 1. The fraction of sp³-hybridized carbons (Fsp3) is 0.0588. The van der Waals surface area contributed by atoms with Gasteiger partial charge >= 0.3 is 5.97 Å². The largest absolute Gasteiger partial charge is 0.464 e. The van der Waals surface area contributed by atoms with E-state index in [1.165, 1.54) is 19.4 Å². The van der Waals surface area contributed by atoms with E-state index in [1.807, 2.05) is 6.07 Å². The summed E-state index contributed by atoms with van der Waals surface area (Å²) in [7, 11) is 1.29. The molecule has 0 unspecified atom stereocenters. The Kier molecular flexibility index (Phi) is 3.95. The van der Waals surface area contributed by atoms with Gasteiger partial charge in [-0.1, -0.05) is 6.07 Å². The number of carbonyl (C=O) groups is 2. The summed E-state index contributed by atoms with van der Waals surface area (Å²) in [6, 6.07) is 11.7. The first kappa shape index (κ1) is 15.2. The molecule has 2 heterocycles. The topological polar surface area (TPSA) is 108 Å². The van der Waals surface area contributed by atoms with Crippen molar-refractivity contribution in [3.63, 3.8) is 0 Å². The number of nitrogens with zero attached hydrogens (tertiary/aromatic N) is 2. The second-order valence-electron chi connectivity index (χ2n) is 4.98. The van der Waals surface area contributed by atoms with Gasteiger partial charge in [0, 0.05) is 10.9 Å². The predicted octanol–water partition coefficient (Wildman–Crippen LogP) is 2.47. The Bertz CT molecular complexity index is 985. The van der Waals surface area contributed by atoms with Crippen LogP contribution in [0, 0.1) is 11.3 Å². The molecular weight excluding hydrogens is 308 g/mol. The van der Waals surface area contributed by atoms with E-state index >= 15 is 0 Å². The first-order chi connectivity index (χ1) is 11.6. The van der Waals surface area contributed by atoms with Crippen molar-refractivity contribution in [2.75, 3.05) is 12.4 Å². The van der Waals surface area contributed by atoms with Gasteiger partial charge in [-0.3, -0.25) is 4.79 Å². The number of hydrogen-bond donors (Lipinski definition) is 2. The summed E-state index contributed by atoms with van der Waals surface area (Å²) in [5, 5.41) is 12.3. The van der Waals surface area contributed by atoms with Crippen molar-refractivity contribution in [3.05, 3.63) is 59.4 Å². The number of pyridine rings is 1. The summed E-state index contributed by atoms with van der Waals surface area (Å²) in [6.07, 6.45) is 1.48. The number of ether oxygens (including phenoxy) is 1. The van der Waals surface area contributed by atoms with E-state index < -0.39 is 5.97 Å². The molecule has 0 radical (unpaired) electrons. The third kappa shape index (κ3) is 2.94. The quantitative estimate of drug-likeness (QED) is 0.721. The number of esters is 1. The highest BCUT2D eigenvalue weighted by Gasteiger charge is 2.12. The van der Waals surface area contributed by atoms with E-state index in [4.69, 9.17) is 5.26 Å². The van der Waals surface area contributed by atoms with Gasteiger partial charge in [0.05, 0.1) is 30.6 Å². The maximum absolute atomic E-state index is 12.2. The molecule has 0 saturated carbocycles. The fourth-order valence-corrected chi connectivity index (χ4v) is 2.24. The average Bonchev–Trinajstić information content (AvgIpc) is 3.04. The van der Waals surface area contributed by atoms with Crippen LogP contribution in [0.2, 0.25) is 0 Å². The van der Waals surface area contributed by atoms with E-state index in [0.717, 1.165) is 0 Å². The number of H-pyrrole nitrogens is 1. The molecule has 7 heteroatoms. The highest BCUT2D eigenvalue weighted by molar-refractivity contribution is 6.05. The number of benzene rings is 1. The second kappa shape index (κ2) is 6.22. The molecule has 3 aromatic rings. The number of nitriles is 1. The van der Waals surface area contributed by atoms with Gasteiger partial charge in [0.2, 0.25) is 0 Å². The standard InChI is InChI=1S/C17H12N4O3/c1-24-17(23)14-7-12-6-13(9-19-15(12)21-14)20-16(22)11-4-2-3-10(5-11)8-18/h2-7,9H,1H3,(H,19,21)(H,20,22). The number of amides is 1. The Hall–Kier alpha value is -3.66. The van der Waals surface area contributed by atoms with Crippen LogP contribution < -0.4 is 5.32 Å². The van der Waals surface area contributed by atoms with Gasteiger partial charge in [0.1, 0.15) is 11.3 Å². The maximum atomic E-state index is 12.2. The third-order valence-corrected chi connectivity index (χ3v) is 3.39. The summed E-state index contributed by atoms with van der Waals surface area (Å²) in [5.74, 6) is -0.844. The number of nitrogens with one attached hydrogen (secondary N) is 2. The normalized spacial score (nSPS) is 10.2. The molecule has 0 spiro atoms. The Morgan fingerprint density at radius 2 is 2.12 bits per heavy atom. The highest BCUT2D eigenvalue weighted by Crippen LogP contribution is 2.19. The van der Waals surface area contributed by atoms with Crippen LogP contribution in [0.3, 0.4) is 0 Å². The molecule has 0 atom stereocenters. The van der Waals surface area contributed by atoms with Crippen LogP contribution in [0.15, 0.2) is 42.6 Å². The number of aromatic nitrogens is 2. The Morgan fingerprint density at radius 3 is 2.88 bits per heavy atom. The molecule has 0 fully saturated rings. The molecule has 2 aromatic heterocycles. The SMILES string of the molecule is COC(=O)c1cc2cc(NC(=O)c3cccc(C#N)c3)cnc2[nH]1. The Balaban J connectivity index is 1.85. The molecule has 7 nitrogen and oxygen atoms in total. The molecular formula is C17H12N4O3. The number of aromatic amines is 1. The summed E-state index contributed by atoms with van der Waals surface area (Å²) in [4.78, 5) is 30.8. The molecule has 1 amide bonds. The van der Waals surface area contributed by atoms with Gasteiger partial charge in [-0.25, -0.2) is 9.78 Å². The zero-order valence-electron chi connectivity index (χ0n) is 12.7. The monoisotopic (exact) mass is 320 g/mol. The molecule has 3 rings (SSSR count). The van der Waals surface area contributed by atoms with Gasteiger partial charge in [0.15, 0.2) is 0 Å². The molecule has 1 aromatic carbocycles. The molecule has 0 aliphatic rings. The van der Waals surface area contributed by atoms with E-state index in [2.05, 4.69) is 20.0 Å². The van der Waals surface area contributed by atoms with E-state index in [-0.39, 0.29) is 11.6 Å². The van der Waals surface area contributed by atoms with Crippen molar-refractivity contribution in [1.29, 1.82) is 5.26 Å². The van der Waals surface area contributed by atoms with Crippen LogP contribution in [0.4, 0.5) is 5.69 Å². The van der Waals surface area contributed by atoms with Gasteiger partial charge < -0.3 is 15.0 Å². The lowest BCUT2D eigenvalue weighted by molar-refractivity contribution is 0.0595. The van der Waals surface area contributed by atoms with Gasteiger partial charge in [0.25, 0.3) is 5.91 Å². The van der Waals surface area contributed by atoms with E-state index in [1.54, 1.807) is 30.3 Å². The predicted molar refractivity (Wildman–Crippen MR) is 86.5 cm³/mol. The lowest BCUT2D eigenvalue weighted by atomic mass is 10.1.